The Bertz CT molecular complexity index is 154. The summed E-state index contributed by atoms with van der Waals surface area (Å²) >= 11 is 0. The third kappa shape index (κ3) is 3.23. The van der Waals surface area contributed by atoms with Crippen molar-refractivity contribution in [3.05, 3.63) is 0 Å². The molecule has 0 aromatic carbocycles. The van der Waals surface area contributed by atoms with Crippen molar-refractivity contribution in [2.24, 2.45) is 0 Å². The van der Waals surface area contributed by atoms with Crippen LogP contribution in [0.25, 0.3) is 0 Å². The van der Waals surface area contributed by atoms with Crippen molar-refractivity contribution in [1.29, 1.82) is 0 Å². The van der Waals surface area contributed by atoms with Crippen LogP contribution in [-0.4, -0.2) is 37.7 Å². The molecule has 1 rings (SSSR count). The Morgan fingerprint density at radius 2 is 2.25 bits per heavy atom. The molecular formula is C5H9F3NO2P. The maximum absolute atomic E-state index is 11.6. The molecular weight excluding hydrogens is 194 g/mol. The molecule has 7 heteroatoms. The summed E-state index contributed by atoms with van der Waals surface area (Å²) in [5, 5.41) is 0. The predicted octanol–water partition coefficient (Wildman–Crippen LogP) is 1.75. The fraction of sp³-hybridized carbons (Fsp3) is 1.00. The first kappa shape index (κ1) is 10.2. The highest BCUT2D eigenvalue weighted by molar-refractivity contribution is 7.44. The second-order valence-electron chi connectivity index (χ2n) is 2.34. The van der Waals surface area contributed by atoms with Gasteiger partial charge in [-0.1, -0.05) is 0 Å². The van der Waals surface area contributed by atoms with E-state index in [1.54, 1.807) is 11.7 Å². The highest BCUT2D eigenvalue weighted by Gasteiger charge is 2.33. The van der Waals surface area contributed by atoms with E-state index in [0.717, 1.165) is 0 Å². The van der Waals surface area contributed by atoms with Crippen molar-refractivity contribution in [3.63, 3.8) is 0 Å². The molecule has 1 heterocycles. The quantitative estimate of drug-likeness (QED) is 0.638. The van der Waals surface area contributed by atoms with Crippen LogP contribution in [0.1, 0.15) is 0 Å². The van der Waals surface area contributed by atoms with Gasteiger partial charge in [0.25, 0.3) is 8.53 Å². The molecule has 0 radical (unpaired) electrons. The molecule has 0 amide bonds. The maximum Gasteiger partial charge on any atom is 0.412 e. The second kappa shape index (κ2) is 3.87. The van der Waals surface area contributed by atoms with E-state index in [1.807, 2.05) is 0 Å². The third-order valence-corrected chi connectivity index (χ3v) is 2.75. The van der Waals surface area contributed by atoms with Crippen LogP contribution in [0, 0.1) is 0 Å². The fourth-order valence-electron chi connectivity index (χ4n) is 0.695. The number of likely N-dealkylation sites (N-methyl/N-ethyl adjacent to an activating group) is 1. The van der Waals surface area contributed by atoms with Crippen LogP contribution in [-0.2, 0) is 9.05 Å². The molecule has 0 aliphatic carbocycles. The molecule has 0 aromatic rings. The first-order chi connectivity index (χ1) is 5.49. The second-order valence-corrected chi connectivity index (χ2v) is 4.02. The van der Waals surface area contributed by atoms with Crippen molar-refractivity contribution >= 4 is 8.53 Å². The predicted molar refractivity (Wildman–Crippen MR) is 37.5 cm³/mol. The third-order valence-electron chi connectivity index (χ3n) is 1.23. The van der Waals surface area contributed by atoms with E-state index >= 15 is 0 Å². The molecule has 1 saturated heterocycles. The van der Waals surface area contributed by atoms with Gasteiger partial charge in [0, 0.05) is 6.54 Å². The Morgan fingerprint density at radius 3 is 2.67 bits per heavy atom. The first-order valence-corrected chi connectivity index (χ1v) is 4.46. The monoisotopic (exact) mass is 203 g/mol. The molecule has 1 aliphatic heterocycles. The lowest BCUT2D eigenvalue weighted by molar-refractivity contribution is -0.154. The SMILES string of the molecule is CN1CCOP1OCC(F)(F)F. The van der Waals surface area contributed by atoms with Gasteiger partial charge in [-0.05, 0) is 7.05 Å². The lowest BCUT2D eigenvalue weighted by Gasteiger charge is -2.16. The van der Waals surface area contributed by atoms with Crippen LogP contribution in [0.15, 0.2) is 0 Å². The van der Waals surface area contributed by atoms with Gasteiger partial charge < -0.3 is 9.05 Å². The average molecular weight is 203 g/mol. The Hall–Kier alpha value is 0.100. The Morgan fingerprint density at radius 1 is 1.58 bits per heavy atom. The van der Waals surface area contributed by atoms with Gasteiger partial charge in [-0.25, -0.2) is 4.67 Å². The van der Waals surface area contributed by atoms with E-state index in [-0.39, 0.29) is 0 Å². The Balaban J connectivity index is 2.23. The standard InChI is InChI=1S/C5H9F3NO2P/c1-9-2-3-10-12(9)11-4-5(6,7)8/h2-4H2,1H3. The normalized spacial score (nSPS) is 26.5. The topological polar surface area (TPSA) is 21.7 Å². The van der Waals surface area contributed by atoms with Crippen molar-refractivity contribution < 1.29 is 22.2 Å². The summed E-state index contributed by atoms with van der Waals surface area (Å²) in [5.74, 6) is 0. The maximum atomic E-state index is 11.6. The molecule has 1 aliphatic rings. The number of hydrogen-bond acceptors (Lipinski definition) is 3. The van der Waals surface area contributed by atoms with Gasteiger partial charge in [-0.2, -0.15) is 13.2 Å². The summed E-state index contributed by atoms with van der Waals surface area (Å²) in [6.07, 6.45) is -4.27. The number of rotatable bonds is 2. The molecule has 3 nitrogen and oxygen atoms in total. The van der Waals surface area contributed by atoms with Gasteiger partial charge in [0.15, 0.2) is 6.61 Å². The fourth-order valence-corrected chi connectivity index (χ4v) is 1.90. The van der Waals surface area contributed by atoms with E-state index < -0.39 is 21.3 Å². The van der Waals surface area contributed by atoms with Crippen LogP contribution in [0.3, 0.4) is 0 Å². The highest BCUT2D eigenvalue weighted by atomic mass is 31.2. The van der Waals surface area contributed by atoms with Crippen molar-refractivity contribution in [1.82, 2.24) is 4.67 Å². The van der Waals surface area contributed by atoms with E-state index in [2.05, 4.69) is 4.52 Å². The van der Waals surface area contributed by atoms with Crippen LogP contribution in [0.4, 0.5) is 13.2 Å². The van der Waals surface area contributed by atoms with Crippen LogP contribution < -0.4 is 0 Å². The lowest BCUT2D eigenvalue weighted by atomic mass is 10.7. The summed E-state index contributed by atoms with van der Waals surface area (Å²) in [6.45, 7) is -0.160. The molecule has 0 N–H and O–H groups in total. The smallest absolute Gasteiger partial charge is 0.321 e. The van der Waals surface area contributed by atoms with E-state index in [0.29, 0.717) is 13.2 Å². The molecule has 1 fully saturated rings. The minimum absolute atomic E-state index is 0.445. The summed E-state index contributed by atoms with van der Waals surface area (Å²) in [4.78, 5) is 0. The minimum Gasteiger partial charge on any atom is -0.321 e. The Labute approximate surface area is 69.4 Å². The zero-order valence-corrected chi connectivity index (χ0v) is 7.36. The minimum atomic E-state index is -4.27. The zero-order valence-electron chi connectivity index (χ0n) is 6.47. The number of hydrogen-bond donors (Lipinski definition) is 0. The molecule has 0 saturated carbocycles. The molecule has 12 heavy (non-hydrogen) atoms. The van der Waals surface area contributed by atoms with Gasteiger partial charge in [-0.3, -0.25) is 0 Å². The molecule has 1 atom stereocenters. The molecule has 1 unspecified atom stereocenters. The summed E-state index contributed by atoms with van der Waals surface area (Å²) in [7, 11) is 0.218. The Kier molecular flexibility index (Phi) is 3.29. The summed E-state index contributed by atoms with van der Waals surface area (Å²) in [6, 6.07) is 0. The number of nitrogens with zero attached hydrogens (tertiary/aromatic N) is 1. The van der Waals surface area contributed by atoms with Crippen molar-refractivity contribution in [3.8, 4) is 0 Å². The van der Waals surface area contributed by atoms with Gasteiger partial charge in [0.05, 0.1) is 6.61 Å². The highest BCUT2D eigenvalue weighted by Crippen LogP contribution is 2.46. The van der Waals surface area contributed by atoms with Gasteiger partial charge in [0.1, 0.15) is 0 Å². The summed E-state index contributed by atoms with van der Waals surface area (Å²) < 4.78 is 46.0. The van der Waals surface area contributed by atoms with E-state index in [9.17, 15) is 13.2 Å². The molecule has 72 valence electrons. The molecule has 0 spiro atoms. The lowest BCUT2D eigenvalue weighted by Crippen LogP contribution is -2.17. The van der Waals surface area contributed by atoms with Crippen LogP contribution >= 0.6 is 8.53 Å². The number of halogens is 3. The van der Waals surface area contributed by atoms with Crippen molar-refractivity contribution in [2.45, 2.75) is 6.18 Å². The van der Waals surface area contributed by atoms with Crippen molar-refractivity contribution in [2.75, 3.05) is 26.8 Å². The van der Waals surface area contributed by atoms with E-state index in [4.69, 9.17) is 4.52 Å². The largest absolute Gasteiger partial charge is 0.412 e. The van der Waals surface area contributed by atoms with Gasteiger partial charge in [0.2, 0.25) is 0 Å². The molecule has 0 bridgehead atoms. The van der Waals surface area contributed by atoms with Crippen LogP contribution in [0.2, 0.25) is 0 Å². The average Bonchev–Trinajstić information content (AvgIpc) is 2.29. The number of alkyl halides is 3. The first-order valence-electron chi connectivity index (χ1n) is 3.33. The van der Waals surface area contributed by atoms with Gasteiger partial charge in [-0.15, -0.1) is 0 Å². The summed E-state index contributed by atoms with van der Waals surface area (Å²) in [5.41, 5.74) is 0. The van der Waals surface area contributed by atoms with E-state index in [1.165, 1.54) is 0 Å². The zero-order chi connectivity index (χ0) is 9.19. The molecule has 0 aromatic heterocycles. The van der Waals surface area contributed by atoms with Gasteiger partial charge >= 0.3 is 6.18 Å². The van der Waals surface area contributed by atoms with Crippen LogP contribution in [0.5, 0.6) is 0 Å².